The summed E-state index contributed by atoms with van der Waals surface area (Å²) in [6.45, 7) is 3.28. The fourth-order valence-corrected chi connectivity index (χ4v) is 4.49. The maximum absolute atomic E-state index is 15.6. The average Bonchev–Trinajstić information content (AvgIpc) is 3.49. The molecule has 2 aliphatic rings. The maximum atomic E-state index is 15.6. The molecule has 0 radical (unpaired) electrons. The second kappa shape index (κ2) is 7.07. The van der Waals surface area contributed by atoms with E-state index in [9.17, 15) is 9.59 Å². The zero-order valence-electron chi connectivity index (χ0n) is 15.2. The Morgan fingerprint density at radius 2 is 2.07 bits per heavy atom. The van der Waals surface area contributed by atoms with Crippen LogP contribution < -0.4 is 16.1 Å². The zero-order chi connectivity index (χ0) is 19.1. The number of halogens is 1. The van der Waals surface area contributed by atoms with Gasteiger partial charge in [0, 0.05) is 36.8 Å². The van der Waals surface area contributed by atoms with Crippen LogP contribution in [0.15, 0.2) is 17.1 Å². The maximum Gasteiger partial charge on any atom is 0.343 e. The van der Waals surface area contributed by atoms with Gasteiger partial charge in [-0.05, 0) is 25.8 Å². The van der Waals surface area contributed by atoms with Crippen molar-refractivity contribution in [2.75, 3.05) is 41.8 Å². The Morgan fingerprint density at radius 3 is 2.70 bits per heavy atom. The molecule has 1 aromatic carbocycles. The summed E-state index contributed by atoms with van der Waals surface area (Å²) in [6.07, 6.45) is 3.23. The smallest absolute Gasteiger partial charge is 0.343 e. The number of benzene rings is 1. The first-order valence-corrected chi connectivity index (χ1v) is 10.3. The molecule has 2 N–H and O–H groups in total. The summed E-state index contributed by atoms with van der Waals surface area (Å²) < 4.78 is 22.3. The van der Waals surface area contributed by atoms with Crippen LogP contribution in [0.4, 0.5) is 15.8 Å². The third kappa shape index (κ3) is 3.16. The number of nitrogens with two attached hydrogens (primary N) is 1. The van der Waals surface area contributed by atoms with Crippen LogP contribution in [0.25, 0.3) is 10.9 Å². The molecule has 6 nitrogen and oxygen atoms in total. The molecule has 1 aliphatic heterocycles. The standard InChI is InChI=1S/C19H22FN3O3S/c1-2-26-19(25)13-10-23(11-3-4-11)16-12(18(13)24)9-14(21)17(15(16)20)22-5-7-27-8-6-22/h9-11H,2-8,21H2,1H3. The van der Waals surface area contributed by atoms with E-state index in [1.807, 2.05) is 16.7 Å². The van der Waals surface area contributed by atoms with Crippen molar-refractivity contribution in [2.45, 2.75) is 25.8 Å². The van der Waals surface area contributed by atoms with E-state index in [1.54, 1.807) is 11.5 Å². The molecular weight excluding hydrogens is 369 g/mol. The molecule has 8 heteroatoms. The number of fused-ring (bicyclic) bond motifs is 1. The van der Waals surface area contributed by atoms with E-state index in [-0.39, 0.29) is 34.8 Å². The Labute approximate surface area is 160 Å². The molecule has 0 unspecified atom stereocenters. The molecule has 1 aromatic heterocycles. The van der Waals surface area contributed by atoms with E-state index < -0.39 is 17.2 Å². The lowest BCUT2D eigenvalue weighted by Crippen LogP contribution is -2.34. The van der Waals surface area contributed by atoms with Crippen LogP contribution in [-0.4, -0.2) is 41.7 Å². The summed E-state index contributed by atoms with van der Waals surface area (Å²) in [7, 11) is 0. The number of nitrogens with zero attached hydrogens (tertiary/aromatic N) is 2. The van der Waals surface area contributed by atoms with Crippen LogP contribution in [-0.2, 0) is 4.74 Å². The quantitative estimate of drug-likeness (QED) is 0.638. The lowest BCUT2D eigenvalue weighted by molar-refractivity contribution is 0.0524. The molecule has 1 saturated carbocycles. The number of ether oxygens (including phenoxy) is 1. The van der Waals surface area contributed by atoms with E-state index in [4.69, 9.17) is 10.5 Å². The number of hydrogen-bond acceptors (Lipinski definition) is 6. The minimum absolute atomic E-state index is 0.0721. The Balaban J connectivity index is 1.96. The van der Waals surface area contributed by atoms with Crippen molar-refractivity contribution < 1.29 is 13.9 Å². The topological polar surface area (TPSA) is 77.6 Å². The number of nitrogen functional groups attached to an aromatic ring is 1. The lowest BCUT2D eigenvalue weighted by atomic mass is 10.1. The first-order valence-electron chi connectivity index (χ1n) is 9.19. The number of carbonyl (C=O) groups excluding carboxylic acids is 1. The zero-order valence-corrected chi connectivity index (χ0v) is 16.0. The SMILES string of the molecule is CCOC(=O)c1cn(C2CC2)c2c(F)c(N3CCSCC3)c(N)cc2c1=O. The third-order valence-electron chi connectivity index (χ3n) is 5.02. The normalized spacial score (nSPS) is 17.3. The van der Waals surface area contributed by atoms with Gasteiger partial charge in [0.1, 0.15) is 5.56 Å². The highest BCUT2D eigenvalue weighted by molar-refractivity contribution is 7.99. The predicted molar refractivity (Wildman–Crippen MR) is 106 cm³/mol. The van der Waals surface area contributed by atoms with Gasteiger partial charge in [0.2, 0.25) is 5.43 Å². The van der Waals surface area contributed by atoms with Crippen LogP contribution in [0.3, 0.4) is 0 Å². The molecule has 0 spiro atoms. The summed E-state index contributed by atoms with van der Waals surface area (Å²) in [5.41, 5.74) is 6.38. The summed E-state index contributed by atoms with van der Waals surface area (Å²) in [4.78, 5) is 27.0. The number of aromatic nitrogens is 1. The highest BCUT2D eigenvalue weighted by Gasteiger charge is 2.31. The van der Waals surface area contributed by atoms with Crippen molar-refractivity contribution in [2.24, 2.45) is 0 Å². The molecule has 2 fully saturated rings. The van der Waals surface area contributed by atoms with Crippen LogP contribution in [0.5, 0.6) is 0 Å². The van der Waals surface area contributed by atoms with E-state index in [1.165, 1.54) is 12.3 Å². The number of hydrogen-bond donors (Lipinski definition) is 1. The van der Waals surface area contributed by atoms with Crippen molar-refractivity contribution in [3.63, 3.8) is 0 Å². The largest absolute Gasteiger partial charge is 0.462 e. The molecular formula is C19H22FN3O3S. The second-order valence-electron chi connectivity index (χ2n) is 6.85. The van der Waals surface area contributed by atoms with Crippen LogP contribution in [0.2, 0.25) is 0 Å². The predicted octanol–water partition coefficient (Wildman–Crippen LogP) is 2.79. The van der Waals surface area contributed by atoms with Gasteiger partial charge in [0.15, 0.2) is 5.82 Å². The van der Waals surface area contributed by atoms with Gasteiger partial charge < -0.3 is 19.9 Å². The number of esters is 1. The molecule has 1 saturated heterocycles. The van der Waals surface area contributed by atoms with E-state index in [0.29, 0.717) is 18.8 Å². The van der Waals surface area contributed by atoms with Gasteiger partial charge >= 0.3 is 5.97 Å². The van der Waals surface area contributed by atoms with Gasteiger partial charge in [-0.3, -0.25) is 4.79 Å². The number of rotatable bonds is 4. The molecule has 2 heterocycles. The lowest BCUT2D eigenvalue weighted by Gasteiger charge is -2.30. The Hall–Kier alpha value is -2.22. The fourth-order valence-electron chi connectivity index (χ4n) is 3.59. The monoisotopic (exact) mass is 391 g/mol. The summed E-state index contributed by atoms with van der Waals surface area (Å²) in [6, 6.07) is 1.60. The van der Waals surface area contributed by atoms with Crippen molar-refractivity contribution in [3.8, 4) is 0 Å². The van der Waals surface area contributed by atoms with Gasteiger partial charge in [-0.15, -0.1) is 0 Å². The first-order chi connectivity index (χ1) is 13.0. The van der Waals surface area contributed by atoms with E-state index in [0.717, 1.165) is 24.3 Å². The van der Waals surface area contributed by atoms with Crippen LogP contribution in [0.1, 0.15) is 36.2 Å². The summed E-state index contributed by atoms with van der Waals surface area (Å²) >= 11 is 1.83. The Kier molecular flexibility index (Phi) is 4.75. The van der Waals surface area contributed by atoms with Crippen LogP contribution >= 0.6 is 11.8 Å². The Morgan fingerprint density at radius 1 is 1.37 bits per heavy atom. The van der Waals surface area contributed by atoms with Crippen molar-refractivity contribution in [1.29, 1.82) is 0 Å². The molecule has 2 aromatic rings. The Bertz CT molecular complexity index is 965. The van der Waals surface area contributed by atoms with Crippen molar-refractivity contribution >= 4 is 40.0 Å². The molecule has 4 rings (SSSR count). The summed E-state index contributed by atoms with van der Waals surface area (Å²) in [5.74, 6) is 0.661. The number of pyridine rings is 1. The molecule has 0 bridgehead atoms. The first kappa shape index (κ1) is 18.2. The van der Waals surface area contributed by atoms with E-state index >= 15 is 4.39 Å². The number of thioether (sulfide) groups is 1. The van der Waals surface area contributed by atoms with Crippen molar-refractivity contribution in [1.82, 2.24) is 4.57 Å². The minimum Gasteiger partial charge on any atom is -0.462 e. The molecule has 144 valence electrons. The third-order valence-corrected chi connectivity index (χ3v) is 5.97. The van der Waals surface area contributed by atoms with Gasteiger partial charge in [0.05, 0.1) is 28.9 Å². The van der Waals surface area contributed by atoms with E-state index in [2.05, 4.69) is 0 Å². The fraction of sp³-hybridized carbons (Fsp3) is 0.474. The highest BCUT2D eigenvalue weighted by Crippen LogP contribution is 2.40. The molecule has 0 amide bonds. The van der Waals surface area contributed by atoms with Crippen molar-refractivity contribution in [3.05, 3.63) is 33.9 Å². The van der Waals surface area contributed by atoms with Crippen LogP contribution in [0, 0.1) is 5.82 Å². The molecule has 1 aliphatic carbocycles. The van der Waals surface area contributed by atoms with Gasteiger partial charge in [-0.25, -0.2) is 9.18 Å². The summed E-state index contributed by atoms with van der Waals surface area (Å²) in [5, 5.41) is 0.137. The molecule has 27 heavy (non-hydrogen) atoms. The average molecular weight is 391 g/mol. The molecule has 0 atom stereocenters. The number of anilines is 2. The second-order valence-corrected chi connectivity index (χ2v) is 8.08. The number of carbonyl (C=O) groups is 1. The van der Waals surface area contributed by atoms with Gasteiger partial charge in [-0.1, -0.05) is 0 Å². The highest BCUT2D eigenvalue weighted by atomic mass is 32.2. The van der Waals surface area contributed by atoms with Gasteiger partial charge in [-0.2, -0.15) is 11.8 Å². The minimum atomic E-state index is -0.685. The van der Waals surface area contributed by atoms with Gasteiger partial charge in [0.25, 0.3) is 0 Å².